The quantitative estimate of drug-likeness (QED) is 0.364. The second-order valence-corrected chi connectivity index (χ2v) is 4.70. The third-order valence-electron chi connectivity index (χ3n) is 1.43. The van der Waals surface area contributed by atoms with E-state index in [-0.39, 0.29) is 38.3 Å². The van der Waals surface area contributed by atoms with Crippen LogP contribution in [0.15, 0.2) is 0 Å². The molecule has 0 heterocycles. The molecule has 3 N–H and O–H groups in total. The fourth-order valence-corrected chi connectivity index (χ4v) is 1.38. The number of hydrogen-bond donors (Lipinski definition) is 2. The van der Waals surface area contributed by atoms with E-state index in [0.717, 1.165) is 0 Å². The van der Waals surface area contributed by atoms with E-state index in [2.05, 4.69) is 9.05 Å². The van der Waals surface area contributed by atoms with Crippen molar-refractivity contribution in [1.29, 1.82) is 0 Å². The molecule has 0 aliphatic rings. The number of rotatable bonds is 8. The molecule has 0 saturated carbocycles. The fourth-order valence-electron chi connectivity index (χ4n) is 0.667. The second-order valence-electron chi connectivity index (χ2n) is 3.25. The normalized spacial score (nSPS) is 14.8. The van der Waals surface area contributed by atoms with E-state index in [1.807, 2.05) is 0 Å². The Kier molecular flexibility index (Phi) is 7.53. The fraction of sp³-hybridized carbons (Fsp3) is 0.875. The molecule has 8 heteroatoms. The maximum atomic E-state index is 11.1. The molecule has 96 valence electrons. The molecule has 1 atom stereocenters. The summed E-state index contributed by atoms with van der Waals surface area (Å²) in [6.45, 7) is 3.13. The zero-order chi connectivity index (χ0) is 12.6. The standard InChI is InChI=1S/C8H18NO6P/c1-7(2)8(10)13-5-6-15-16(11,12)14-4-3-9/h7H,3-6,9H2,1-2H3,(H,11,12). The van der Waals surface area contributed by atoms with E-state index < -0.39 is 7.82 Å². The van der Waals surface area contributed by atoms with Crippen LogP contribution in [-0.2, 0) is 23.1 Å². The molecular formula is C8H18NO6P. The lowest BCUT2D eigenvalue weighted by Gasteiger charge is -2.12. The summed E-state index contributed by atoms with van der Waals surface area (Å²) in [5, 5.41) is 0. The van der Waals surface area contributed by atoms with Gasteiger partial charge in [-0.2, -0.15) is 0 Å². The van der Waals surface area contributed by atoms with Crippen molar-refractivity contribution >= 4 is 13.8 Å². The molecule has 0 rings (SSSR count). The van der Waals surface area contributed by atoms with Crippen LogP contribution in [0.3, 0.4) is 0 Å². The van der Waals surface area contributed by atoms with Gasteiger partial charge in [-0.05, 0) is 0 Å². The van der Waals surface area contributed by atoms with Gasteiger partial charge >= 0.3 is 13.8 Å². The highest BCUT2D eigenvalue weighted by Gasteiger charge is 2.20. The molecule has 0 aromatic rings. The minimum atomic E-state index is -4.06. The summed E-state index contributed by atoms with van der Waals surface area (Å²) in [4.78, 5) is 20.0. The smallest absolute Gasteiger partial charge is 0.463 e. The summed E-state index contributed by atoms with van der Waals surface area (Å²) in [6.07, 6.45) is 0. The van der Waals surface area contributed by atoms with Crippen molar-refractivity contribution in [2.24, 2.45) is 11.7 Å². The molecule has 0 aliphatic heterocycles. The Bertz CT molecular complexity index is 257. The summed E-state index contributed by atoms with van der Waals surface area (Å²) >= 11 is 0. The highest BCUT2D eigenvalue weighted by molar-refractivity contribution is 7.47. The maximum Gasteiger partial charge on any atom is 0.472 e. The van der Waals surface area contributed by atoms with E-state index >= 15 is 0 Å². The van der Waals surface area contributed by atoms with Gasteiger partial charge in [-0.3, -0.25) is 13.8 Å². The Balaban J connectivity index is 3.65. The topological polar surface area (TPSA) is 108 Å². The van der Waals surface area contributed by atoms with Crippen molar-refractivity contribution in [2.75, 3.05) is 26.4 Å². The average Bonchev–Trinajstić information content (AvgIpc) is 2.21. The molecule has 0 aromatic carbocycles. The van der Waals surface area contributed by atoms with Gasteiger partial charge in [-0.15, -0.1) is 0 Å². The highest BCUT2D eigenvalue weighted by atomic mass is 31.2. The molecule has 0 aliphatic carbocycles. The Morgan fingerprint density at radius 1 is 1.31 bits per heavy atom. The molecule has 7 nitrogen and oxygen atoms in total. The van der Waals surface area contributed by atoms with Gasteiger partial charge in [0.2, 0.25) is 0 Å². The van der Waals surface area contributed by atoms with Crippen LogP contribution in [0.25, 0.3) is 0 Å². The highest BCUT2D eigenvalue weighted by Crippen LogP contribution is 2.42. The summed E-state index contributed by atoms with van der Waals surface area (Å²) in [6, 6.07) is 0. The monoisotopic (exact) mass is 255 g/mol. The van der Waals surface area contributed by atoms with Crippen LogP contribution in [0, 0.1) is 5.92 Å². The second kappa shape index (κ2) is 7.76. The van der Waals surface area contributed by atoms with Crippen LogP contribution in [0.2, 0.25) is 0 Å². The number of phosphoric ester groups is 1. The van der Waals surface area contributed by atoms with E-state index in [9.17, 15) is 9.36 Å². The number of ether oxygens (including phenoxy) is 1. The average molecular weight is 255 g/mol. The summed E-state index contributed by atoms with van der Waals surface area (Å²) in [5.74, 6) is -0.631. The van der Waals surface area contributed by atoms with E-state index in [1.165, 1.54) is 0 Å². The number of carbonyl (C=O) groups is 1. The zero-order valence-electron chi connectivity index (χ0n) is 9.42. The van der Waals surface area contributed by atoms with Gasteiger partial charge in [0.25, 0.3) is 0 Å². The number of phosphoric acid groups is 1. The molecule has 0 saturated heterocycles. The summed E-state index contributed by atoms with van der Waals surface area (Å²) < 4.78 is 24.8. The first-order chi connectivity index (χ1) is 7.39. The summed E-state index contributed by atoms with van der Waals surface area (Å²) in [5.41, 5.74) is 5.08. The van der Waals surface area contributed by atoms with Gasteiger partial charge in [-0.1, -0.05) is 13.8 Å². The van der Waals surface area contributed by atoms with Crippen LogP contribution in [0.1, 0.15) is 13.8 Å². The Morgan fingerprint density at radius 2 is 1.88 bits per heavy atom. The number of nitrogens with two attached hydrogens (primary N) is 1. The molecule has 0 amide bonds. The maximum absolute atomic E-state index is 11.1. The van der Waals surface area contributed by atoms with Crippen molar-refractivity contribution < 1.29 is 28.0 Å². The predicted octanol–water partition coefficient (Wildman–Crippen LogP) is 0.278. The SMILES string of the molecule is CC(C)C(=O)OCCOP(=O)(O)OCCN. The molecule has 0 aromatic heterocycles. The van der Waals surface area contributed by atoms with Gasteiger partial charge in [-0.25, -0.2) is 4.57 Å². The lowest BCUT2D eigenvalue weighted by atomic mass is 10.2. The van der Waals surface area contributed by atoms with Crippen LogP contribution in [0.4, 0.5) is 0 Å². The van der Waals surface area contributed by atoms with E-state index in [4.69, 9.17) is 15.4 Å². The van der Waals surface area contributed by atoms with Crippen LogP contribution >= 0.6 is 7.82 Å². The first-order valence-corrected chi connectivity index (χ1v) is 6.37. The minimum Gasteiger partial charge on any atom is -0.463 e. The predicted molar refractivity (Wildman–Crippen MR) is 56.6 cm³/mol. The number of esters is 1. The van der Waals surface area contributed by atoms with Crippen LogP contribution in [0.5, 0.6) is 0 Å². The van der Waals surface area contributed by atoms with Crippen LogP contribution < -0.4 is 5.73 Å². The number of hydrogen-bond acceptors (Lipinski definition) is 6. The van der Waals surface area contributed by atoms with Crippen LogP contribution in [-0.4, -0.2) is 37.2 Å². The lowest BCUT2D eigenvalue weighted by molar-refractivity contribution is -0.148. The molecular weight excluding hydrogens is 237 g/mol. The molecule has 16 heavy (non-hydrogen) atoms. The Labute approximate surface area is 94.5 Å². The lowest BCUT2D eigenvalue weighted by Crippen LogP contribution is -2.15. The first-order valence-electron chi connectivity index (χ1n) is 4.87. The Hall–Kier alpha value is -0.460. The van der Waals surface area contributed by atoms with E-state index in [0.29, 0.717) is 0 Å². The van der Waals surface area contributed by atoms with Gasteiger partial charge in [0.15, 0.2) is 0 Å². The molecule has 0 radical (unpaired) electrons. The van der Waals surface area contributed by atoms with Gasteiger partial charge in [0.1, 0.15) is 6.61 Å². The third kappa shape index (κ3) is 7.78. The van der Waals surface area contributed by atoms with E-state index in [1.54, 1.807) is 13.8 Å². The van der Waals surface area contributed by atoms with Crippen molar-refractivity contribution in [3.8, 4) is 0 Å². The molecule has 1 unspecified atom stereocenters. The molecule has 0 spiro atoms. The van der Waals surface area contributed by atoms with Gasteiger partial charge < -0.3 is 15.4 Å². The van der Waals surface area contributed by atoms with Crippen molar-refractivity contribution in [3.63, 3.8) is 0 Å². The zero-order valence-corrected chi connectivity index (χ0v) is 10.3. The Morgan fingerprint density at radius 3 is 2.38 bits per heavy atom. The first kappa shape index (κ1) is 15.5. The number of carbonyl (C=O) groups excluding carboxylic acids is 1. The summed E-state index contributed by atoms with van der Waals surface area (Å²) in [7, 11) is -4.06. The largest absolute Gasteiger partial charge is 0.472 e. The molecule has 0 fully saturated rings. The van der Waals surface area contributed by atoms with Gasteiger partial charge in [0, 0.05) is 6.54 Å². The van der Waals surface area contributed by atoms with Crippen molar-refractivity contribution in [2.45, 2.75) is 13.8 Å². The van der Waals surface area contributed by atoms with Crippen molar-refractivity contribution in [3.05, 3.63) is 0 Å². The van der Waals surface area contributed by atoms with Gasteiger partial charge in [0.05, 0.1) is 19.1 Å². The third-order valence-corrected chi connectivity index (χ3v) is 2.44. The minimum absolute atomic E-state index is 0.0699. The molecule has 0 bridgehead atoms. The van der Waals surface area contributed by atoms with Crippen molar-refractivity contribution in [1.82, 2.24) is 0 Å².